The van der Waals surface area contributed by atoms with Gasteiger partial charge < -0.3 is 10.1 Å². The van der Waals surface area contributed by atoms with E-state index in [1.54, 1.807) is 18.2 Å². The number of hydrogen-bond donors (Lipinski definition) is 1. The van der Waals surface area contributed by atoms with Gasteiger partial charge in [0.2, 0.25) is 5.91 Å². The quantitative estimate of drug-likeness (QED) is 0.265. The number of rotatable bonds is 9. The van der Waals surface area contributed by atoms with Crippen LogP contribution in [0.3, 0.4) is 0 Å². The summed E-state index contributed by atoms with van der Waals surface area (Å²) in [5.41, 5.74) is 3.45. The molecule has 37 heavy (non-hydrogen) atoms. The molecule has 0 spiro atoms. The molecule has 1 atom stereocenters. The Labute approximate surface area is 225 Å². The normalized spacial score (nSPS) is 11.3. The lowest BCUT2D eigenvalue weighted by Crippen LogP contribution is -2.43. The molecule has 5 nitrogen and oxygen atoms in total. The third kappa shape index (κ3) is 6.21. The van der Waals surface area contributed by atoms with Crippen LogP contribution < -0.4 is 15.0 Å². The van der Waals surface area contributed by atoms with Crippen molar-refractivity contribution in [2.24, 2.45) is 0 Å². The van der Waals surface area contributed by atoms with Crippen LogP contribution in [0.15, 0.2) is 90.3 Å². The zero-order chi connectivity index (χ0) is 26.2. The monoisotopic (exact) mass is 528 g/mol. The van der Waals surface area contributed by atoms with Crippen molar-refractivity contribution in [2.75, 3.05) is 18.6 Å². The van der Waals surface area contributed by atoms with E-state index >= 15 is 0 Å². The van der Waals surface area contributed by atoms with Gasteiger partial charge in [-0.05, 0) is 58.7 Å². The number of ether oxygens (including phenoxy) is 1. The van der Waals surface area contributed by atoms with Gasteiger partial charge in [-0.3, -0.25) is 14.5 Å². The molecule has 1 N–H and O–H groups in total. The molecule has 1 aromatic heterocycles. The minimum atomic E-state index is -0.994. The molecule has 0 radical (unpaired) electrons. The minimum Gasteiger partial charge on any atom is -0.495 e. The van der Waals surface area contributed by atoms with Gasteiger partial charge in [0.25, 0.3) is 0 Å². The summed E-state index contributed by atoms with van der Waals surface area (Å²) in [5.74, 6) is 1.63. The fourth-order valence-electron chi connectivity index (χ4n) is 3.98. The highest BCUT2D eigenvalue weighted by molar-refractivity contribution is 7.10. The topological polar surface area (TPSA) is 58.6 Å². The number of thiophene rings is 1. The Morgan fingerprint density at radius 2 is 1.73 bits per heavy atom. The number of methoxy groups -OCH3 is 1. The van der Waals surface area contributed by atoms with Gasteiger partial charge in [-0.2, -0.15) is 0 Å². The van der Waals surface area contributed by atoms with Crippen molar-refractivity contribution in [3.63, 3.8) is 0 Å². The van der Waals surface area contributed by atoms with Crippen molar-refractivity contribution in [2.45, 2.75) is 12.5 Å². The van der Waals surface area contributed by atoms with Crippen molar-refractivity contribution >= 4 is 40.4 Å². The molecule has 0 aliphatic heterocycles. The summed E-state index contributed by atoms with van der Waals surface area (Å²) in [6.45, 7) is 0.401. The second-order valence-electron chi connectivity index (χ2n) is 8.17. The van der Waals surface area contributed by atoms with Crippen molar-refractivity contribution in [1.29, 1.82) is 0 Å². The van der Waals surface area contributed by atoms with Crippen LogP contribution in [0.2, 0.25) is 5.02 Å². The van der Waals surface area contributed by atoms with Gasteiger partial charge in [0.05, 0.1) is 12.1 Å². The Hall–Kier alpha value is -4.05. The summed E-state index contributed by atoms with van der Waals surface area (Å²) >= 11 is 7.77. The maximum atomic E-state index is 13.7. The second kappa shape index (κ2) is 12.3. The number of terminal acetylenes is 1. The smallest absolute Gasteiger partial charge is 0.303 e. The van der Waals surface area contributed by atoms with Gasteiger partial charge in [0.1, 0.15) is 5.75 Å². The van der Waals surface area contributed by atoms with E-state index in [2.05, 4.69) is 11.2 Å². The molecule has 0 saturated heterocycles. The van der Waals surface area contributed by atoms with E-state index in [0.29, 0.717) is 34.3 Å². The predicted molar refractivity (Wildman–Crippen MR) is 150 cm³/mol. The molecule has 0 aliphatic rings. The molecule has 2 amide bonds. The Balaban J connectivity index is 1.71. The van der Waals surface area contributed by atoms with Crippen LogP contribution in [0, 0.1) is 12.3 Å². The Kier molecular flexibility index (Phi) is 8.63. The van der Waals surface area contributed by atoms with Crippen LogP contribution in [-0.4, -0.2) is 25.5 Å². The molecule has 3 aromatic carbocycles. The van der Waals surface area contributed by atoms with Gasteiger partial charge in [-0.1, -0.05) is 72.3 Å². The number of benzene rings is 3. The zero-order valence-corrected chi connectivity index (χ0v) is 21.8. The maximum Gasteiger partial charge on any atom is 0.303 e. The van der Waals surface area contributed by atoms with Crippen molar-refractivity contribution < 1.29 is 14.3 Å². The number of halogens is 1. The van der Waals surface area contributed by atoms with Gasteiger partial charge in [-0.15, -0.1) is 17.8 Å². The van der Waals surface area contributed by atoms with Gasteiger partial charge in [0.15, 0.2) is 6.04 Å². The second-order valence-corrected chi connectivity index (χ2v) is 9.52. The minimum absolute atomic E-state index is 0.300. The summed E-state index contributed by atoms with van der Waals surface area (Å²) in [7, 11) is 1.50. The first-order chi connectivity index (χ1) is 18.0. The van der Waals surface area contributed by atoms with Crippen molar-refractivity contribution in [3.8, 4) is 29.2 Å². The van der Waals surface area contributed by atoms with Crippen LogP contribution >= 0.6 is 22.9 Å². The first-order valence-electron chi connectivity index (χ1n) is 11.6. The molecule has 186 valence electrons. The Morgan fingerprint density at radius 1 is 1.03 bits per heavy atom. The SMILES string of the molecule is C#CC(=O)N(c1ccc(OC)c(Cl)c1)C(C(=O)NCCc1ccccc1)c1cc(-c2ccccc2)cs1. The highest BCUT2D eigenvalue weighted by Crippen LogP contribution is 2.37. The largest absolute Gasteiger partial charge is 0.495 e. The van der Waals surface area contributed by atoms with E-state index in [1.807, 2.05) is 72.1 Å². The average Bonchev–Trinajstić information content (AvgIpc) is 3.42. The molecule has 1 heterocycles. The lowest BCUT2D eigenvalue weighted by molar-refractivity contribution is -0.125. The molecule has 4 rings (SSSR count). The van der Waals surface area contributed by atoms with Crippen molar-refractivity contribution in [1.82, 2.24) is 5.32 Å². The highest BCUT2D eigenvalue weighted by Gasteiger charge is 2.33. The van der Waals surface area contributed by atoms with E-state index in [4.69, 9.17) is 22.8 Å². The number of amides is 2. The maximum absolute atomic E-state index is 13.7. The molecule has 7 heteroatoms. The summed E-state index contributed by atoms with van der Waals surface area (Å²) < 4.78 is 5.25. The molecular formula is C30H25ClN2O3S. The van der Waals surface area contributed by atoms with Crippen molar-refractivity contribution in [3.05, 3.63) is 106 Å². The summed E-state index contributed by atoms with van der Waals surface area (Å²) in [5, 5.41) is 5.26. The summed E-state index contributed by atoms with van der Waals surface area (Å²) in [4.78, 5) is 28.8. The molecule has 0 bridgehead atoms. The average molecular weight is 529 g/mol. The summed E-state index contributed by atoms with van der Waals surface area (Å²) in [6, 6.07) is 25.5. The number of anilines is 1. The molecule has 0 saturated carbocycles. The third-order valence-corrected chi connectivity index (χ3v) is 7.09. The summed E-state index contributed by atoms with van der Waals surface area (Å²) in [6.07, 6.45) is 6.21. The number of carbonyl (C=O) groups is 2. The van der Waals surface area contributed by atoms with E-state index < -0.39 is 11.9 Å². The number of hydrogen-bond acceptors (Lipinski definition) is 4. The van der Waals surface area contributed by atoms with E-state index in [1.165, 1.54) is 23.3 Å². The lowest BCUT2D eigenvalue weighted by Gasteiger charge is -2.29. The highest BCUT2D eigenvalue weighted by atomic mass is 35.5. The lowest BCUT2D eigenvalue weighted by atomic mass is 10.1. The van der Waals surface area contributed by atoms with Crippen LogP contribution in [-0.2, 0) is 16.0 Å². The van der Waals surface area contributed by atoms with Gasteiger partial charge in [-0.25, -0.2) is 0 Å². The van der Waals surface area contributed by atoms with Crippen LogP contribution in [0.1, 0.15) is 16.5 Å². The van der Waals surface area contributed by atoms with Gasteiger partial charge in [0, 0.05) is 17.1 Å². The fourth-order valence-corrected chi connectivity index (χ4v) is 5.24. The standard InChI is InChI=1S/C30H25ClN2O3S/c1-3-28(34)33(24-14-15-26(36-2)25(31)19-24)29(30(35)32-17-16-21-10-6-4-7-11-21)27-18-23(20-37-27)22-12-8-5-9-13-22/h1,4-15,18-20,29H,16-17H2,2H3,(H,32,35). The van der Waals surface area contributed by atoms with E-state index in [0.717, 1.165) is 16.7 Å². The third-order valence-electron chi connectivity index (χ3n) is 5.81. The van der Waals surface area contributed by atoms with Crippen LogP contribution in [0.25, 0.3) is 11.1 Å². The number of nitrogens with one attached hydrogen (secondary N) is 1. The fraction of sp³-hybridized carbons (Fsp3) is 0.133. The van der Waals surface area contributed by atoms with Gasteiger partial charge >= 0.3 is 5.91 Å². The Bertz CT molecular complexity index is 1410. The Morgan fingerprint density at radius 3 is 2.38 bits per heavy atom. The number of carbonyl (C=O) groups excluding carboxylic acids is 2. The van der Waals surface area contributed by atoms with Crippen LogP contribution in [0.4, 0.5) is 5.69 Å². The molecule has 0 fully saturated rings. The molecule has 1 unspecified atom stereocenters. The van der Waals surface area contributed by atoms with E-state index in [-0.39, 0.29) is 5.91 Å². The first kappa shape index (κ1) is 26.0. The van der Waals surface area contributed by atoms with Crippen LogP contribution in [0.5, 0.6) is 5.75 Å². The first-order valence-corrected chi connectivity index (χ1v) is 12.9. The zero-order valence-electron chi connectivity index (χ0n) is 20.2. The molecular weight excluding hydrogens is 504 g/mol. The molecule has 4 aromatic rings. The number of nitrogens with zero attached hydrogens (tertiary/aromatic N) is 1. The predicted octanol–water partition coefficient (Wildman–Crippen LogP) is 6.14. The molecule has 0 aliphatic carbocycles. The van der Waals surface area contributed by atoms with E-state index in [9.17, 15) is 9.59 Å².